The SMILES string of the molecule is NC(=O)c1cccc(CSc2ccc(CC(=O)O)cc2)c1. The Hall–Kier alpha value is -2.27. The van der Waals surface area contributed by atoms with Crippen molar-refractivity contribution < 1.29 is 14.7 Å². The molecule has 2 aromatic carbocycles. The van der Waals surface area contributed by atoms with Gasteiger partial charge in [-0.1, -0.05) is 24.3 Å². The van der Waals surface area contributed by atoms with Gasteiger partial charge in [-0.15, -0.1) is 11.8 Å². The third-order valence-electron chi connectivity index (χ3n) is 2.90. The van der Waals surface area contributed by atoms with E-state index < -0.39 is 11.9 Å². The van der Waals surface area contributed by atoms with Crippen molar-refractivity contribution in [1.82, 2.24) is 0 Å². The van der Waals surface area contributed by atoms with Crippen molar-refractivity contribution in [2.45, 2.75) is 17.1 Å². The third kappa shape index (κ3) is 4.65. The molecule has 0 heterocycles. The van der Waals surface area contributed by atoms with E-state index in [-0.39, 0.29) is 6.42 Å². The van der Waals surface area contributed by atoms with Gasteiger partial charge in [-0.3, -0.25) is 9.59 Å². The van der Waals surface area contributed by atoms with E-state index in [1.54, 1.807) is 23.9 Å². The fraction of sp³-hybridized carbons (Fsp3) is 0.125. The fourth-order valence-corrected chi connectivity index (χ4v) is 2.70. The first-order valence-corrected chi connectivity index (χ1v) is 7.35. The molecule has 0 bridgehead atoms. The van der Waals surface area contributed by atoms with Gasteiger partial charge in [0.1, 0.15) is 0 Å². The molecule has 5 heteroatoms. The Labute approximate surface area is 127 Å². The number of thioether (sulfide) groups is 1. The van der Waals surface area contributed by atoms with Crippen LogP contribution in [0.3, 0.4) is 0 Å². The van der Waals surface area contributed by atoms with Crippen LogP contribution in [0.2, 0.25) is 0 Å². The Balaban J connectivity index is 1.98. The zero-order chi connectivity index (χ0) is 15.2. The van der Waals surface area contributed by atoms with E-state index in [2.05, 4.69) is 0 Å². The molecule has 2 aromatic rings. The summed E-state index contributed by atoms with van der Waals surface area (Å²) in [5.74, 6) is -0.544. The smallest absolute Gasteiger partial charge is 0.307 e. The Bertz CT molecular complexity index is 653. The minimum absolute atomic E-state index is 0.0333. The predicted molar refractivity (Wildman–Crippen MR) is 82.3 cm³/mol. The largest absolute Gasteiger partial charge is 0.481 e. The second-order valence-corrected chi connectivity index (χ2v) is 5.62. The highest BCUT2D eigenvalue weighted by Gasteiger charge is 2.03. The summed E-state index contributed by atoms with van der Waals surface area (Å²) >= 11 is 1.62. The Kier molecular flexibility index (Phi) is 5.00. The molecule has 0 aliphatic rings. The van der Waals surface area contributed by atoms with Crippen LogP contribution < -0.4 is 5.73 Å². The van der Waals surface area contributed by atoms with Gasteiger partial charge in [-0.2, -0.15) is 0 Å². The number of carbonyl (C=O) groups excluding carboxylic acids is 1. The number of primary amides is 1. The number of rotatable bonds is 6. The van der Waals surface area contributed by atoms with Gasteiger partial charge in [0.15, 0.2) is 0 Å². The topological polar surface area (TPSA) is 80.4 Å². The van der Waals surface area contributed by atoms with E-state index in [0.29, 0.717) is 5.56 Å². The molecule has 21 heavy (non-hydrogen) atoms. The second kappa shape index (κ2) is 6.95. The number of carboxylic acids is 1. The molecule has 0 aliphatic carbocycles. The molecule has 0 aromatic heterocycles. The van der Waals surface area contributed by atoms with Gasteiger partial charge in [0, 0.05) is 16.2 Å². The number of carbonyl (C=O) groups is 2. The normalized spacial score (nSPS) is 10.3. The first kappa shape index (κ1) is 15.1. The van der Waals surface area contributed by atoms with Gasteiger partial charge >= 0.3 is 5.97 Å². The molecular formula is C16H15NO3S. The minimum Gasteiger partial charge on any atom is -0.481 e. The third-order valence-corrected chi connectivity index (χ3v) is 3.98. The minimum atomic E-state index is -0.835. The second-order valence-electron chi connectivity index (χ2n) is 4.57. The van der Waals surface area contributed by atoms with Crippen molar-refractivity contribution in [2.75, 3.05) is 0 Å². The Morgan fingerprint density at radius 2 is 1.76 bits per heavy atom. The highest BCUT2D eigenvalue weighted by atomic mass is 32.2. The number of nitrogens with two attached hydrogens (primary N) is 1. The van der Waals surface area contributed by atoms with Crippen LogP contribution in [-0.2, 0) is 17.0 Å². The number of amides is 1. The highest BCUT2D eigenvalue weighted by Crippen LogP contribution is 2.23. The van der Waals surface area contributed by atoms with E-state index in [1.807, 2.05) is 36.4 Å². The molecule has 108 valence electrons. The molecule has 0 spiro atoms. The Morgan fingerprint density at radius 1 is 1.05 bits per heavy atom. The number of hydrogen-bond donors (Lipinski definition) is 2. The highest BCUT2D eigenvalue weighted by molar-refractivity contribution is 7.98. The van der Waals surface area contributed by atoms with Crippen molar-refractivity contribution in [3.63, 3.8) is 0 Å². The summed E-state index contributed by atoms with van der Waals surface area (Å²) in [7, 11) is 0. The van der Waals surface area contributed by atoms with Crippen LogP contribution in [0.4, 0.5) is 0 Å². The van der Waals surface area contributed by atoms with Crippen LogP contribution in [0, 0.1) is 0 Å². The van der Waals surface area contributed by atoms with E-state index >= 15 is 0 Å². The van der Waals surface area contributed by atoms with Gasteiger partial charge in [0.2, 0.25) is 5.91 Å². The van der Waals surface area contributed by atoms with Gasteiger partial charge in [-0.25, -0.2) is 0 Å². The molecule has 0 saturated heterocycles. The lowest BCUT2D eigenvalue weighted by atomic mass is 10.1. The zero-order valence-corrected chi connectivity index (χ0v) is 12.1. The lowest BCUT2D eigenvalue weighted by Gasteiger charge is -2.04. The van der Waals surface area contributed by atoms with Crippen molar-refractivity contribution in [2.24, 2.45) is 5.73 Å². The van der Waals surface area contributed by atoms with Crippen molar-refractivity contribution in [3.05, 3.63) is 65.2 Å². The summed E-state index contributed by atoms with van der Waals surface area (Å²) in [6.45, 7) is 0. The summed E-state index contributed by atoms with van der Waals surface area (Å²) in [4.78, 5) is 22.8. The average molecular weight is 301 g/mol. The van der Waals surface area contributed by atoms with E-state index in [4.69, 9.17) is 10.8 Å². The number of aliphatic carboxylic acids is 1. The average Bonchev–Trinajstić information content (AvgIpc) is 2.46. The number of carboxylic acid groups (broad SMARTS) is 1. The molecule has 0 radical (unpaired) electrons. The molecular weight excluding hydrogens is 286 g/mol. The molecule has 1 amide bonds. The lowest BCUT2D eigenvalue weighted by Crippen LogP contribution is -2.10. The molecule has 0 fully saturated rings. The fourth-order valence-electron chi connectivity index (χ4n) is 1.86. The van der Waals surface area contributed by atoms with Gasteiger partial charge in [0.05, 0.1) is 6.42 Å². The maximum absolute atomic E-state index is 11.1. The van der Waals surface area contributed by atoms with Gasteiger partial charge < -0.3 is 10.8 Å². The van der Waals surface area contributed by atoms with E-state index in [9.17, 15) is 9.59 Å². The first-order valence-electron chi connectivity index (χ1n) is 6.37. The molecule has 3 N–H and O–H groups in total. The standard InChI is InChI=1S/C16H15NO3S/c17-16(20)13-3-1-2-12(8-13)10-21-14-6-4-11(5-7-14)9-15(18)19/h1-8H,9-10H2,(H2,17,20)(H,18,19). The monoisotopic (exact) mass is 301 g/mol. The molecule has 2 rings (SSSR count). The summed E-state index contributed by atoms with van der Waals surface area (Å²) in [5, 5.41) is 8.72. The molecule has 0 saturated carbocycles. The maximum Gasteiger partial charge on any atom is 0.307 e. The molecule has 0 atom stereocenters. The molecule has 0 unspecified atom stereocenters. The van der Waals surface area contributed by atoms with Crippen LogP contribution in [0.25, 0.3) is 0 Å². The zero-order valence-electron chi connectivity index (χ0n) is 11.3. The van der Waals surface area contributed by atoms with E-state index in [0.717, 1.165) is 21.8 Å². The summed E-state index contributed by atoms with van der Waals surface area (Å²) < 4.78 is 0. The van der Waals surface area contributed by atoms with Crippen LogP contribution >= 0.6 is 11.8 Å². The maximum atomic E-state index is 11.1. The van der Waals surface area contributed by atoms with Crippen molar-refractivity contribution >= 4 is 23.6 Å². The lowest BCUT2D eigenvalue weighted by molar-refractivity contribution is -0.136. The van der Waals surface area contributed by atoms with Crippen LogP contribution in [0.5, 0.6) is 0 Å². The van der Waals surface area contributed by atoms with Gasteiger partial charge in [-0.05, 0) is 35.4 Å². The van der Waals surface area contributed by atoms with Gasteiger partial charge in [0.25, 0.3) is 0 Å². The number of benzene rings is 2. The predicted octanol–water partition coefficient (Wildman–Crippen LogP) is 2.70. The van der Waals surface area contributed by atoms with E-state index in [1.165, 1.54) is 0 Å². The van der Waals surface area contributed by atoms with Crippen molar-refractivity contribution in [1.29, 1.82) is 0 Å². The Morgan fingerprint density at radius 3 is 2.38 bits per heavy atom. The number of hydrogen-bond acceptors (Lipinski definition) is 3. The van der Waals surface area contributed by atoms with Crippen LogP contribution in [0.15, 0.2) is 53.4 Å². The molecule has 0 aliphatic heterocycles. The summed E-state index contributed by atoms with van der Waals surface area (Å²) in [6, 6.07) is 14.7. The van der Waals surface area contributed by atoms with Crippen LogP contribution in [-0.4, -0.2) is 17.0 Å². The summed E-state index contributed by atoms with van der Waals surface area (Å²) in [6.07, 6.45) is 0.0333. The van der Waals surface area contributed by atoms with Crippen molar-refractivity contribution in [3.8, 4) is 0 Å². The summed E-state index contributed by atoms with van der Waals surface area (Å²) in [5.41, 5.74) is 7.56. The quantitative estimate of drug-likeness (QED) is 0.804. The first-order chi connectivity index (χ1) is 10.0. The molecule has 4 nitrogen and oxygen atoms in total. The van der Waals surface area contributed by atoms with Crippen LogP contribution in [0.1, 0.15) is 21.5 Å².